The summed E-state index contributed by atoms with van der Waals surface area (Å²) in [6.07, 6.45) is 0. The Morgan fingerprint density at radius 1 is 1.03 bits per heavy atom. The van der Waals surface area contributed by atoms with Crippen LogP contribution in [-0.4, -0.2) is 60.4 Å². The number of thioether (sulfide) groups is 1. The molecule has 2 amide bonds. The average Bonchev–Trinajstić information content (AvgIpc) is 2.89. The van der Waals surface area contributed by atoms with Gasteiger partial charge in [-0.2, -0.15) is 0 Å². The van der Waals surface area contributed by atoms with Crippen LogP contribution < -0.4 is 14.8 Å². The van der Waals surface area contributed by atoms with Crippen molar-refractivity contribution >= 4 is 29.5 Å². The van der Waals surface area contributed by atoms with Gasteiger partial charge in [-0.25, -0.2) is 4.79 Å². The summed E-state index contributed by atoms with van der Waals surface area (Å²) in [7, 11) is 3.10. The van der Waals surface area contributed by atoms with Gasteiger partial charge in [-0.1, -0.05) is 42.1 Å². The van der Waals surface area contributed by atoms with Crippen LogP contribution in [0.25, 0.3) is 0 Å². The Morgan fingerprint density at radius 2 is 1.74 bits per heavy atom. The second-order valence-corrected chi connectivity index (χ2v) is 9.09. The Hall–Kier alpha value is -3.50. The minimum absolute atomic E-state index is 0.0358. The summed E-state index contributed by atoms with van der Waals surface area (Å²) in [4.78, 5) is 39.8. The molecule has 2 aromatic rings. The van der Waals surface area contributed by atoms with Crippen LogP contribution in [0.3, 0.4) is 0 Å². The van der Waals surface area contributed by atoms with E-state index in [0.29, 0.717) is 17.1 Å². The number of carbonyl (C=O) groups is 3. The van der Waals surface area contributed by atoms with E-state index in [4.69, 9.17) is 18.9 Å². The van der Waals surface area contributed by atoms with Crippen LogP contribution in [0.5, 0.6) is 11.5 Å². The maximum absolute atomic E-state index is 13.0. The standard InChI is InChI=1S/C25H26N2O7S/c1-15-21(24(30)34-13-16-9-11-17(31-2)12-10-16)27-22(29)20(23(27)35-25(15)32-3)26-19(28)14-33-18-7-5-4-6-8-18/h4-12,20,23,25H,13-14H2,1-3H3,(H,26,28)/t20-,23-,25-/m0/s1. The molecule has 1 N–H and O–H groups in total. The van der Waals surface area contributed by atoms with Gasteiger partial charge in [-0.15, -0.1) is 0 Å². The van der Waals surface area contributed by atoms with Crippen molar-refractivity contribution < 1.29 is 33.3 Å². The van der Waals surface area contributed by atoms with Crippen LogP contribution in [0, 0.1) is 0 Å². The summed E-state index contributed by atoms with van der Waals surface area (Å²) in [5, 5.41) is 2.21. The highest BCUT2D eigenvalue weighted by molar-refractivity contribution is 8.00. The Bertz CT molecular complexity index is 1120. The molecule has 2 heterocycles. The zero-order chi connectivity index (χ0) is 24.9. The molecule has 0 aliphatic carbocycles. The number of hydrogen-bond acceptors (Lipinski definition) is 8. The first-order chi connectivity index (χ1) is 16.9. The monoisotopic (exact) mass is 498 g/mol. The molecule has 1 saturated heterocycles. The number of benzene rings is 2. The highest BCUT2D eigenvalue weighted by atomic mass is 32.2. The van der Waals surface area contributed by atoms with E-state index in [1.165, 1.54) is 23.8 Å². The molecule has 3 atom stereocenters. The maximum atomic E-state index is 13.0. The lowest BCUT2D eigenvalue weighted by Crippen LogP contribution is -2.71. The van der Waals surface area contributed by atoms with Gasteiger partial charge in [0.2, 0.25) is 0 Å². The summed E-state index contributed by atoms with van der Waals surface area (Å²) in [6.45, 7) is 1.53. The van der Waals surface area contributed by atoms with Crippen molar-refractivity contribution in [1.82, 2.24) is 10.2 Å². The van der Waals surface area contributed by atoms with Crippen molar-refractivity contribution in [1.29, 1.82) is 0 Å². The van der Waals surface area contributed by atoms with E-state index in [0.717, 1.165) is 5.56 Å². The third-order valence-electron chi connectivity index (χ3n) is 5.64. The molecule has 1 fully saturated rings. The van der Waals surface area contributed by atoms with Gasteiger partial charge in [0, 0.05) is 7.11 Å². The number of amides is 2. The van der Waals surface area contributed by atoms with E-state index >= 15 is 0 Å². The number of fused-ring (bicyclic) bond motifs is 1. The molecule has 35 heavy (non-hydrogen) atoms. The number of methoxy groups -OCH3 is 2. The molecule has 0 bridgehead atoms. The Labute approximate surface area is 207 Å². The van der Waals surface area contributed by atoms with E-state index in [2.05, 4.69) is 5.32 Å². The van der Waals surface area contributed by atoms with Crippen LogP contribution in [0.1, 0.15) is 12.5 Å². The van der Waals surface area contributed by atoms with Gasteiger partial charge in [0.15, 0.2) is 6.61 Å². The average molecular weight is 499 g/mol. The van der Waals surface area contributed by atoms with Crippen molar-refractivity contribution in [2.24, 2.45) is 0 Å². The topological polar surface area (TPSA) is 103 Å². The predicted octanol–water partition coefficient (Wildman–Crippen LogP) is 2.46. The van der Waals surface area contributed by atoms with Crippen molar-refractivity contribution in [3.8, 4) is 11.5 Å². The molecule has 10 heteroatoms. The molecular formula is C25H26N2O7S. The Morgan fingerprint density at radius 3 is 2.40 bits per heavy atom. The zero-order valence-corrected chi connectivity index (χ0v) is 20.4. The molecular weight excluding hydrogens is 472 g/mol. The number of β-lactam (4-membered cyclic amide) rings is 1. The van der Waals surface area contributed by atoms with E-state index in [-0.39, 0.29) is 24.8 Å². The summed E-state index contributed by atoms with van der Waals surface area (Å²) in [5.74, 6) is -0.202. The van der Waals surface area contributed by atoms with Crippen LogP contribution in [0.2, 0.25) is 0 Å². The summed E-state index contributed by atoms with van der Waals surface area (Å²) >= 11 is 1.35. The van der Waals surface area contributed by atoms with E-state index < -0.39 is 28.7 Å². The van der Waals surface area contributed by atoms with Crippen LogP contribution in [0.4, 0.5) is 0 Å². The van der Waals surface area contributed by atoms with Gasteiger partial charge in [-0.05, 0) is 42.3 Å². The van der Waals surface area contributed by atoms with Crippen LogP contribution in [0.15, 0.2) is 65.9 Å². The number of esters is 1. The Balaban J connectivity index is 1.40. The number of rotatable bonds is 9. The number of nitrogens with zero attached hydrogens (tertiary/aromatic N) is 1. The first-order valence-electron chi connectivity index (χ1n) is 10.9. The maximum Gasteiger partial charge on any atom is 0.355 e. The lowest BCUT2D eigenvalue weighted by atomic mass is 10.0. The minimum atomic E-state index is -0.804. The van der Waals surface area contributed by atoms with Crippen molar-refractivity contribution in [2.45, 2.75) is 30.4 Å². The predicted molar refractivity (Wildman–Crippen MR) is 128 cm³/mol. The number of hydrogen-bond donors (Lipinski definition) is 1. The summed E-state index contributed by atoms with van der Waals surface area (Å²) in [6, 6.07) is 15.2. The smallest absolute Gasteiger partial charge is 0.355 e. The van der Waals surface area contributed by atoms with Gasteiger partial charge < -0.3 is 24.3 Å². The summed E-state index contributed by atoms with van der Waals surface area (Å²) in [5.41, 5.74) is 1.04. The normalized spacial score (nSPS) is 21.1. The lowest BCUT2D eigenvalue weighted by molar-refractivity contribution is -0.154. The fourth-order valence-electron chi connectivity index (χ4n) is 3.82. The molecule has 4 rings (SSSR count). The van der Waals surface area contributed by atoms with Crippen molar-refractivity contribution in [2.75, 3.05) is 20.8 Å². The molecule has 0 saturated carbocycles. The van der Waals surface area contributed by atoms with Gasteiger partial charge in [0.1, 0.15) is 40.7 Å². The fraction of sp³-hybridized carbons (Fsp3) is 0.320. The first kappa shape index (κ1) is 24.6. The molecule has 2 aliphatic rings. The minimum Gasteiger partial charge on any atom is -0.497 e. The molecule has 0 aromatic heterocycles. The number of nitrogens with one attached hydrogen (secondary N) is 1. The highest BCUT2D eigenvalue weighted by Gasteiger charge is 2.56. The first-order valence-corrected chi connectivity index (χ1v) is 11.9. The third-order valence-corrected chi connectivity index (χ3v) is 7.20. The van der Waals surface area contributed by atoms with E-state index in [1.54, 1.807) is 62.6 Å². The SMILES string of the molecule is COc1ccc(COC(=O)C2=C(C)[C@@H](OC)S[C@H]3[C@@H](NC(=O)COc4ccccc4)C(=O)N23)cc1. The zero-order valence-electron chi connectivity index (χ0n) is 19.6. The van der Waals surface area contributed by atoms with Crippen molar-refractivity contribution in [3.05, 3.63) is 71.4 Å². The molecule has 184 valence electrons. The second-order valence-electron chi connectivity index (χ2n) is 7.91. The lowest BCUT2D eigenvalue weighted by Gasteiger charge is -2.50. The quantitative estimate of drug-likeness (QED) is 0.416. The molecule has 9 nitrogen and oxygen atoms in total. The molecule has 0 radical (unpaired) electrons. The van der Waals surface area contributed by atoms with Gasteiger partial charge in [0.05, 0.1) is 7.11 Å². The third kappa shape index (κ3) is 5.28. The summed E-state index contributed by atoms with van der Waals surface area (Å²) < 4.78 is 21.6. The molecule has 2 aromatic carbocycles. The number of ether oxygens (including phenoxy) is 4. The van der Waals surface area contributed by atoms with Crippen LogP contribution in [-0.2, 0) is 30.5 Å². The van der Waals surface area contributed by atoms with Crippen molar-refractivity contribution in [3.63, 3.8) is 0 Å². The fourth-order valence-corrected chi connectivity index (χ4v) is 5.17. The number of carbonyl (C=O) groups excluding carboxylic acids is 3. The van der Waals surface area contributed by atoms with E-state index in [9.17, 15) is 14.4 Å². The highest BCUT2D eigenvalue weighted by Crippen LogP contribution is 2.44. The molecule has 0 spiro atoms. The number of para-hydroxylation sites is 1. The Kier molecular flexibility index (Phi) is 7.62. The van der Waals surface area contributed by atoms with E-state index in [1.807, 2.05) is 6.07 Å². The van der Waals surface area contributed by atoms with Gasteiger partial charge in [-0.3, -0.25) is 14.5 Å². The van der Waals surface area contributed by atoms with Crippen LogP contribution >= 0.6 is 11.8 Å². The second kappa shape index (κ2) is 10.8. The van der Waals surface area contributed by atoms with Gasteiger partial charge >= 0.3 is 5.97 Å². The molecule has 2 aliphatic heterocycles. The largest absolute Gasteiger partial charge is 0.497 e. The molecule has 0 unspecified atom stereocenters. The van der Waals surface area contributed by atoms with Gasteiger partial charge in [0.25, 0.3) is 11.8 Å².